The van der Waals surface area contributed by atoms with E-state index in [9.17, 15) is 9.18 Å². The number of fused-ring (bicyclic) bond motifs is 1. The normalized spacial score (nSPS) is 21.8. The summed E-state index contributed by atoms with van der Waals surface area (Å²) >= 11 is 0. The van der Waals surface area contributed by atoms with Gasteiger partial charge in [-0.05, 0) is 74.1 Å². The summed E-state index contributed by atoms with van der Waals surface area (Å²) in [5, 5.41) is 0. The van der Waals surface area contributed by atoms with E-state index in [4.69, 9.17) is 4.74 Å². The van der Waals surface area contributed by atoms with Crippen molar-refractivity contribution < 1.29 is 13.9 Å². The Morgan fingerprint density at radius 2 is 1.94 bits per heavy atom. The molecule has 32 heavy (non-hydrogen) atoms. The van der Waals surface area contributed by atoms with Crippen LogP contribution in [-0.2, 0) is 4.79 Å². The highest BCUT2D eigenvalue weighted by Gasteiger charge is 2.41. The standard InChI is InChI=1S/C26H26FN3O2/c1-17-15-29(16-28-17)24-11-3-18(14-25(24)32-2)13-20-6-9-22-10-12-23(30(22)26(20)31)19-4-7-21(27)8-5-19/h3-5,7-8,11,13-16,22-23H,6,9-10,12H2,1-2H3/b20-13+/t22-,23-/m1/s1. The van der Waals surface area contributed by atoms with Crippen LogP contribution >= 0.6 is 0 Å². The zero-order valence-corrected chi connectivity index (χ0v) is 18.3. The van der Waals surface area contributed by atoms with Crippen molar-refractivity contribution in [3.05, 3.63) is 83.2 Å². The first-order chi connectivity index (χ1) is 15.5. The molecule has 2 saturated heterocycles. The van der Waals surface area contributed by atoms with E-state index in [1.807, 2.05) is 46.9 Å². The molecule has 3 heterocycles. The summed E-state index contributed by atoms with van der Waals surface area (Å²) in [7, 11) is 1.65. The zero-order valence-electron chi connectivity index (χ0n) is 18.3. The Labute approximate surface area is 187 Å². The molecule has 3 aromatic rings. The van der Waals surface area contributed by atoms with Gasteiger partial charge in [-0.3, -0.25) is 4.79 Å². The average molecular weight is 432 g/mol. The van der Waals surface area contributed by atoms with Gasteiger partial charge in [-0.1, -0.05) is 18.2 Å². The lowest BCUT2D eigenvalue weighted by atomic mass is 9.95. The fraction of sp³-hybridized carbons (Fsp3) is 0.308. The molecule has 2 aromatic carbocycles. The topological polar surface area (TPSA) is 47.4 Å². The van der Waals surface area contributed by atoms with Crippen molar-refractivity contribution in [3.63, 3.8) is 0 Å². The molecule has 0 N–H and O–H groups in total. The van der Waals surface area contributed by atoms with Crippen molar-refractivity contribution in [3.8, 4) is 11.4 Å². The lowest BCUT2D eigenvalue weighted by Gasteiger charge is -2.35. The van der Waals surface area contributed by atoms with Crippen LogP contribution in [-0.4, -0.2) is 33.5 Å². The van der Waals surface area contributed by atoms with Gasteiger partial charge in [0.25, 0.3) is 5.91 Å². The number of nitrogens with zero attached hydrogens (tertiary/aromatic N) is 3. The Morgan fingerprint density at radius 3 is 2.66 bits per heavy atom. The monoisotopic (exact) mass is 431 g/mol. The summed E-state index contributed by atoms with van der Waals surface area (Å²) in [5.41, 5.74) is 4.58. The minimum Gasteiger partial charge on any atom is -0.495 e. The summed E-state index contributed by atoms with van der Waals surface area (Å²) in [6.07, 6.45) is 9.32. The van der Waals surface area contributed by atoms with Gasteiger partial charge in [0.1, 0.15) is 11.6 Å². The maximum Gasteiger partial charge on any atom is 0.250 e. The molecule has 2 atom stereocenters. The summed E-state index contributed by atoms with van der Waals surface area (Å²) in [5.74, 6) is 0.557. The van der Waals surface area contributed by atoms with E-state index in [1.165, 1.54) is 12.1 Å². The van der Waals surface area contributed by atoms with Crippen LogP contribution in [0.25, 0.3) is 11.8 Å². The number of piperidine rings is 1. The molecule has 2 aliphatic heterocycles. The van der Waals surface area contributed by atoms with Crippen molar-refractivity contribution in [2.24, 2.45) is 0 Å². The fourth-order valence-electron chi connectivity index (χ4n) is 4.97. The summed E-state index contributed by atoms with van der Waals surface area (Å²) in [4.78, 5) is 19.8. The molecule has 1 amide bonds. The number of rotatable bonds is 4. The lowest BCUT2D eigenvalue weighted by Crippen LogP contribution is -2.41. The van der Waals surface area contributed by atoms with Crippen LogP contribution in [0.2, 0.25) is 0 Å². The third-order valence-corrected chi connectivity index (χ3v) is 6.55. The van der Waals surface area contributed by atoms with Crippen molar-refractivity contribution in [1.29, 1.82) is 0 Å². The first-order valence-corrected chi connectivity index (χ1v) is 11.0. The predicted molar refractivity (Wildman–Crippen MR) is 121 cm³/mol. The van der Waals surface area contributed by atoms with E-state index in [-0.39, 0.29) is 23.8 Å². The fourth-order valence-corrected chi connectivity index (χ4v) is 4.97. The molecule has 2 aliphatic rings. The van der Waals surface area contributed by atoms with Crippen LogP contribution in [0, 0.1) is 12.7 Å². The maximum absolute atomic E-state index is 13.4. The number of ether oxygens (including phenoxy) is 1. The molecule has 0 saturated carbocycles. The Kier molecular flexibility index (Phi) is 5.29. The average Bonchev–Trinajstić information content (AvgIpc) is 3.43. The summed E-state index contributed by atoms with van der Waals surface area (Å²) in [6.45, 7) is 1.95. The second-order valence-electron chi connectivity index (χ2n) is 8.57. The molecule has 0 unspecified atom stereocenters. The van der Waals surface area contributed by atoms with E-state index < -0.39 is 0 Å². The van der Waals surface area contributed by atoms with Gasteiger partial charge in [-0.15, -0.1) is 0 Å². The number of aromatic nitrogens is 2. The number of carbonyl (C=O) groups excluding carboxylic acids is 1. The minimum atomic E-state index is -0.253. The van der Waals surface area contributed by atoms with Gasteiger partial charge in [0.15, 0.2) is 0 Å². The molecule has 164 valence electrons. The summed E-state index contributed by atoms with van der Waals surface area (Å²) < 4.78 is 20.9. The van der Waals surface area contributed by atoms with E-state index in [1.54, 1.807) is 25.6 Å². The Hall–Kier alpha value is -3.41. The second kappa shape index (κ2) is 8.26. The van der Waals surface area contributed by atoms with Crippen molar-refractivity contribution in [2.75, 3.05) is 7.11 Å². The van der Waals surface area contributed by atoms with Crippen LogP contribution in [0.15, 0.2) is 60.6 Å². The number of aryl methyl sites for hydroxylation is 1. The van der Waals surface area contributed by atoms with E-state index in [0.29, 0.717) is 0 Å². The van der Waals surface area contributed by atoms with Gasteiger partial charge in [-0.2, -0.15) is 0 Å². The van der Waals surface area contributed by atoms with E-state index in [2.05, 4.69) is 4.98 Å². The first kappa shape index (κ1) is 20.5. The highest BCUT2D eigenvalue weighted by atomic mass is 19.1. The van der Waals surface area contributed by atoms with Gasteiger partial charge in [0.2, 0.25) is 0 Å². The molecule has 1 aromatic heterocycles. The number of benzene rings is 2. The molecule has 5 nitrogen and oxygen atoms in total. The molecule has 0 bridgehead atoms. The minimum absolute atomic E-state index is 0.0122. The van der Waals surface area contributed by atoms with Gasteiger partial charge in [0.05, 0.1) is 30.9 Å². The molecular weight excluding hydrogens is 405 g/mol. The van der Waals surface area contributed by atoms with Gasteiger partial charge in [-0.25, -0.2) is 9.37 Å². The SMILES string of the molecule is COc1cc(/C=C2\CC[C@@H]3CC[C@H](c4ccc(F)cc4)N3C2=O)ccc1-n1cnc(C)c1. The Balaban J connectivity index is 1.43. The molecule has 2 fully saturated rings. The Morgan fingerprint density at radius 1 is 1.12 bits per heavy atom. The van der Waals surface area contributed by atoms with Crippen LogP contribution in [0.3, 0.4) is 0 Å². The van der Waals surface area contributed by atoms with Crippen LogP contribution in [0.5, 0.6) is 5.75 Å². The molecule has 0 spiro atoms. The number of hydrogen-bond acceptors (Lipinski definition) is 3. The number of hydrogen-bond donors (Lipinski definition) is 0. The highest BCUT2D eigenvalue weighted by Crippen LogP contribution is 2.42. The highest BCUT2D eigenvalue weighted by molar-refractivity contribution is 5.99. The number of methoxy groups -OCH3 is 1. The van der Waals surface area contributed by atoms with Crippen molar-refractivity contribution >= 4 is 12.0 Å². The predicted octanol–water partition coefficient (Wildman–Crippen LogP) is 5.24. The first-order valence-electron chi connectivity index (χ1n) is 11.0. The smallest absolute Gasteiger partial charge is 0.250 e. The number of halogens is 1. The maximum atomic E-state index is 13.4. The molecule has 6 heteroatoms. The molecule has 5 rings (SSSR count). The molecule has 0 radical (unpaired) electrons. The number of carbonyl (C=O) groups is 1. The van der Waals surface area contributed by atoms with E-state index in [0.717, 1.165) is 59.5 Å². The Bertz CT molecular complexity index is 1180. The quantitative estimate of drug-likeness (QED) is 0.531. The van der Waals surface area contributed by atoms with Crippen molar-refractivity contribution in [1.82, 2.24) is 14.5 Å². The van der Waals surface area contributed by atoms with E-state index >= 15 is 0 Å². The van der Waals surface area contributed by atoms with Crippen LogP contribution < -0.4 is 4.74 Å². The van der Waals surface area contributed by atoms with Gasteiger partial charge < -0.3 is 14.2 Å². The molecular formula is C26H26FN3O2. The number of amides is 1. The van der Waals surface area contributed by atoms with Crippen LogP contribution in [0.1, 0.15) is 48.5 Å². The zero-order chi connectivity index (χ0) is 22.2. The summed E-state index contributed by atoms with van der Waals surface area (Å²) in [6, 6.07) is 12.8. The lowest BCUT2D eigenvalue weighted by molar-refractivity contribution is -0.131. The largest absolute Gasteiger partial charge is 0.495 e. The second-order valence-corrected chi connectivity index (χ2v) is 8.57. The van der Waals surface area contributed by atoms with Gasteiger partial charge >= 0.3 is 0 Å². The third-order valence-electron chi connectivity index (χ3n) is 6.55. The van der Waals surface area contributed by atoms with Crippen LogP contribution in [0.4, 0.5) is 4.39 Å². The number of imidazole rings is 1. The molecule has 0 aliphatic carbocycles. The van der Waals surface area contributed by atoms with Gasteiger partial charge in [0, 0.05) is 17.8 Å². The van der Waals surface area contributed by atoms with Crippen molar-refractivity contribution in [2.45, 2.75) is 44.7 Å². The third kappa shape index (κ3) is 3.70.